The first-order valence-corrected chi connectivity index (χ1v) is 6.87. The number of aromatic hydroxyl groups is 1. The molecule has 100 valence electrons. The minimum atomic E-state index is 0.259. The number of nitrogens with zero attached hydrogens (tertiary/aromatic N) is 2. The smallest absolute Gasteiger partial charge is 0.117 e. The summed E-state index contributed by atoms with van der Waals surface area (Å²) in [6, 6.07) is 7.30. The number of phenols is 1. The van der Waals surface area contributed by atoms with Crippen LogP contribution in [0.1, 0.15) is 12.8 Å². The third kappa shape index (κ3) is 2.79. The van der Waals surface area contributed by atoms with Crippen LogP contribution >= 0.6 is 0 Å². The number of hydrogen-bond donors (Lipinski definition) is 2. The predicted molar refractivity (Wildman–Crippen MR) is 77.6 cm³/mol. The van der Waals surface area contributed by atoms with Gasteiger partial charge in [-0.3, -0.25) is 4.98 Å². The largest absolute Gasteiger partial charge is 0.508 e. The van der Waals surface area contributed by atoms with Gasteiger partial charge >= 0.3 is 0 Å². The molecule has 0 amide bonds. The molecule has 4 heteroatoms. The van der Waals surface area contributed by atoms with Gasteiger partial charge in [-0.1, -0.05) is 0 Å². The molecule has 0 bridgehead atoms. The SMILES string of the molecule is Oc1ccc2c(NCCN3CCCC3)ccnc2c1. The maximum atomic E-state index is 9.47. The van der Waals surface area contributed by atoms with E-state index in [0.717, 1.165) is 29.7 Å². The molecule has 1 aromatic heterocycles. The number of likely N-dealkylation sites (tertiary alicyclic amines) is 1. The van der Waals surface area contributed by atoms with Gasteiger partial charge in [-0.05, 0) is 44.1 Å². The first-order valence-electron chi connectivity index (χ1n) is 6.87. The second kappa shape index (κ2) is 5.45. The van der Waals surface area contributed by atoms with Gasteiger partial charge in [-0.15, -0.1) is 0 Å². The zero-order chi connectivity index (χ0) is 13.1. The minimum Gasteiger partial charge on any atom is -0.508 e. The Hall–Kier alpha value is -1.81. The molecule has 1 fully saturated rings. The molecule has 0 aliphatic carbocycles. The van der Waals surface area contributed by atoms with Crippen molar-refractivity contribution < 1.29 is 5.11 Å². The lowest BCUT2D eigenvalue weighted by Gasteiger charge is -2.16. The van der Waals surface area contributed by atoms with Gasteiger partial charge in [0.2, 0.25) is 0 Å². The number of hydrogen-bond acceptors (Lipinski definition) is 4. The van der Waals surface area contributed by atoms with Crippen molar-refractivity contribution in [3.8, 4) is 5.75 Å². The maximum absolute atomic E-state index is 9.47. The van der Waals surface area contributed by atoms with Gasteiger partial charge in [0.15, 0.2) is 0 Å². The van der Waals surface area contributed by atoms with Crippen LogP contribution in [-0.4, -0.2) is 41.2 Å². The minimum absolute atomic E-state index is 0.259. The topological polar surface area (TPSA) is 48.4 Å². The quantitative estimate of drug-likeness (QED) is 0.883. The van der Waals surface area contributed by atoms with Crippen molar-refractivity contribution in [2.45, 2.75) is 12.8 Å². The lowest BCUT2D eigenvalue weighted by molar-refractivity contribution is 0.353. The highest BCUT2D eigenvalue weighted by atomic mass is 16.3. The number of benzene rings is 1. The lowest BCUT2D eigenvalue weighted by Crippen LogP contribution is -2.25. The van der Waals surface area contributed by atoms with Crippen molar-refractivity contribution in [1.82, 2.24) is 9.88 Å². The van der Waals surface area contributed by atoms with Crippen LogP contribution in [0.25, 0.3) is 10.9 Å². The van der Waals surface area contributed by atoms with Crippen LogP contribution in [-0.2, 0) is 0 Å². The number of anilines is 1. The molecule has 3 rings (SSSR count). The van der Waals surface area contributed by atoms with Gasteiger partial charge in [-0.2, -0.15) is 0 Å². The number of nitrogens with one attached hydrogen (secondary N) is 1. The zero-order valence-electron chi connectivity index (χ0n) is 11.0. The molecule has 2 heterocycles. The van der Waals surface area contributed by atoms with Crippen LogP contribution in [0.3, 0.4) is 0 Å². The van der Waals surface area contributed by atoms with Gasteiger partial charge in [-0.25, -0.2) is 0 Å². The van der Waals surface area contributed by atoms with E-state index in [1.54, 1.807) is 18.3 Å². The number of phenolic OH excluding ortho intramolecular Hbond substituents is 1. The predicted octanol–water partition coefficient (Wildman–Crippen LogP) is 2.45. The third-order valence-electron chi connectivity index (χ3n) is 3.67. The molecule has 0 atom stereocenters. The number of pyridine rings is 1. The summed E-state index contributed by atoms with van der Waals surface area (Å²) in [6.07, 6.45) is 4.44. The Balaban J connectivity index is 1.70. The second-order valence-corrected chi connectivity index (χ2v) is 5.04. The molecule has 19 heavy (non-hydrogen) atoms. The summed E-state index contributed by atoms with van der Waals surface area (Å²) in [5.74, 6) is 0.259. The second-order valence-electron chi connectivity index (χ2n) is 5.04. The van der Waals surface area contributed by atoms with Crippen LogP contribution in [0, 0.1) is 0 Å². The summed E-state index contributed by atoms with van der Waals surface area (Å²) < 4.78 is 0. The van der Waals surface area contributed by atoms with E-state index in [9.17, 15) is 5.11 Å². The first-order chi connectivity index (χ1) is 9.33. The van der Waals surface area contributed by atoms with Crippen molar-refractivity contribution in [2.24, 2.45) is 0 Å². The van der Waals surface area contributed by atoms with E-state index >= 15 is 0 Å². The van der Waals surface area contributed by atoms with E-state index < -0.39 is 0 Å². The van der Waals surface area contributed by atoms with E-state index in [0.29, 0.717) is 0 Å². The van der Waals surface area contributed by atoms with Crippen LogP contribution in [0.5, 0.6) is 5.75 Å². The van der Waals surface area contributed by atoms with Gasteiger partial charge in [0.1, 0.15) is 5.75 Å². The Labute approximate surface area is 113 Å². The highest BCUT2D eigenvalue weighted by molar-refractivity contribution is 5.91. The fourth-order valence-electron chi connectivity index (χ4n) is 2.65. The molecule has 4 nitrogen and oxygen atoms in total. The van der Waals surface area contributed by atoms with Crippen molar-refractivity contribution >= 4 is 16.6 Å². The zero-order valence-corrected chi connectivity index (χ0v) is 11.0. The van der Waals surface area contributed by atoms with E-state index in [1.165, 1.54) is 25.9 Å². The number of aromatic nitrogens is 1. The van der Waals surface area contributed by atoms with Crippen molar-refractivity contribution in [2.75, 3.05) is 31.5 Å². The number of fused-ring (bicyclic) bond motifs is 1. The molecule has 2 aromatic rings. The average molecular weight is 257 g/mol. The summed E-state index contributed by atoms with van der Waals surface area (Å²) in [5, 5.41) is 14.0. The van der Waals surface area contributed by atoms with Gasteiger partial charge in [0.25, 0.3) is 0 Å². The van der Waals surface area contributed by atoms with E-state index in [1.807, 2.05) is 12.1 Å². The average Bonchev–Trinajstić information content (AvgIpc) is 2.92. The molecule has 0 saturated carbocycles. The van der Waals surface area contributed by atoms with E-state index in [4.69, 9.17) is 0 Å². The van der Waals surface area contributed by atoms with Crippen LogP contribution < -0.4 is 5.32 Å². The van der Waals surface area contributed by atoms with Gasteiger partial charge in [0, 0.05) is 36.4 Å². The van der Waals surface area contributed by atoms with E-state index in [-0.39, 0.29) is 5.75 Å². The molecule has 0 radical (unpaired) electrons. The van der Waals surface area contributed by atoms with E-state index in [2.05, 4.69) is 15.2 Å². The van der Waals surface area contributed by atoms with Gasteiger partial charge < -0.3 is 15.3 Å². The van der Waals surface area contributed by atoms with Gasteiger partial charge in [0.05, 0.1) is 5.52 Å². The molecule has 1 saturated heterocycles. The molecular formula is C15H19N3O. The molecule has 1 aliphatic heterocycles. The maximum Gasteiger partial charge on any atom is 0.117 e. The summed E-state index contributed by atoms with van der Waals surface area (Å²) in [5.41, 5.74) is 1.91. The Morgan fingerprint density at radius 3 is 2.89 bits per heavy atom. The molecule has 0 unspecified atom stereocenters. The molecule has 1 aliphatic rings. The molecular weight excluding hydrogens is 238 g/mol. The Morgan fingerprint density at radius 2 is 2.05 bits per heavy atom. The normalized spacial score (nSPS) is 16.0. The highest BCUT2D eigenvalue weighted by Gasteiger charge is 2.10. The first kappa shape index (κ1) is 12.2. The van der Waals surface area contributed by atoms with Crippen LogP contribution in [0.15, 0.2) is 30.5 Å². The highest BCUT2D eigenvalue weighted by Crippen LogP contribution is 2.24. The lowest BCUT2D eigenvalue weighted by atomic mass is 10.2. The Kier molecular flexibility index (Phi) is 3.51. The van der Waals surface area contributed by atoms with Crippen molar-refractivity contribution in [3.63, 3.8) is 0 Å². The molecule has 1 aromatic carbocycles. The molecule has 2 N–H and O–H groups in total. The Bertz CT molecular complexity index is 564. The third-order valence-corrected chi connectivity index (χ3v) is 3.67. The monoisotopic (exact) mass is 257 g/mol. The summed E-state index contributed by atoms with van der Waals surface area (Å²) in [6.45, 7) is 4.49. The van der Waals surface area contributed by atoms with Crippen LogP contribution in [0.4, 0.5) is 5.69 Å². The standard InChI is InChI=1S/C15H19N3O/c19-12-3-4-13-14(5-6-16-15(13)11-12)17-7-10-18-8-1-2-9-18/h3-6,11,19H,1-2,7-10H2,(H,16,17). The van der Waals surface area contributed by atoms with Crippen LogP contribution in [0.2, 0.25) is 0 Å². The summed E-state index contributed by atoms with van der Waals surface area (Å²) in [7, 11) is 0. The van der Waals surface area contributed by atoms with Crippen molar-refractivity contribution in [1.29, 1.82) is 0 Å². The summed E-state index contributed by atoms with van der Waals surface area (Å²) >= 11 is 0. The Morgan fingerprint density at radius 1 is 1.21 bits per heavy atom. The number of rotatable bonds is 4. The van der Waals surface area contributed by atoms with Crippen molar-refractivity contribution in [3.05, 3.63) is 30.5 Å². The fourth-order valence-corrected chi connectivity index (χ4v) is 2.65. The summed E-state index contributed by atoms with van der Waals surface area (Å²) in [4.78, 5) is 6.77. The molecule has 0 spiro atoms. The fraction of sp³-hybridized carbons (Fsp3) is 0.400.